The number of methoxy groups -OCH3 is 1. The molecule has 1 aromatic rings. The maximum absolute atomic E-state index is 13.1. The number of nitro groups is 1. The van der Waals surface area contributed by atoms with Crippen LogP contribution in [-0.2, 0) is 14.3 Å². The monoisotopic (exact) mass is 404 g/mol. The summed E-state index contributed by atoms with van der Waals surface area (Å²) in [7, 11) is 1.26. The van der Waals surface area contributed by atoms with E-state index in [9.17, 15) is 19.7 Å². The van der Waals surface area contributed by atoms with Crippen molar-refractivity contribution in [2.75, 3.05) is 7.11 Å². The van der Waals surface area contributed by atoms with Gasteiger partial charge in [0.05, 0.1) is 12.0 Å². The Hall–Kier alpha value is -2.54. The second-order valence-electron chi connectivity index (χ2n) is 8.00. The second-order valence-corrected chi connectivity index (χ2v) is 8.40. The molecule has 28 heavy (non-hydrogen) atoms. The van der Waals surface area contributed by atoms with Crippen LogP contribution in [0.5, 0.6) is 0 Å². The lowest BCUT2D eigenvalue weighted by atomic mass is 9.67. The van der Waals surface area contributed by atoms with Crippen molar-refractivity contribution in [2.24, 2.45) is 16.3 Å². The minimum absolute atomic E-state index is 0.121. The number of hydrogen-bond donors (Lipinski definition) is 0. The van der Waals surface area contributed by atoms with E-state index in [4.69, 9.17) is 16.3 Å². The number of ether oxygens (including phenoxy) is 1. The normalized spacial score (nSPS) is 23.8. The van der Waals surface area contributed by atoms with Gasteiger partial charge in [0.1, 0.15) is 5.92 Å². The van der Waals surface area contributed by atoms with Gasteiger partial charge in [0.25, 0.3) is 5.69 Å². The van der Waals surface area contributed by atoms with E-state index in [1.54, 1.807) is 6.92 Å². The zero-order chi connectivity index (χ0) is 20.8. The van der Waals surface area contributed by atoms with Gasteiger partial charge in [-0.1, -0.05) is 25.4 Å². The largest absolute Gasteiger partial charge is 0.468 e. The SMILES string of the molecule is COC(=O)C1C(C)=NC2=C(C(=O)CC(C)(C)C2)[C@@H]1c1cc([N+](=O)[O-])ccc1Cl. The number of Topliss-reactive ketones (excluding diaryl/α,β-unsaturated/α-hetero) is 1. The quantitative estimate of drug-likeness (QED) is 0.426. The molecule has 8 heteroatoms. The van der Waals surface area contributed by atoms with E-state index in [1.807, 2.05) is 13.8 Å². The number of halogens is 1. The second kappa shape index (κ2) is 7.13. The number of esters is 1. The lowest BCUT2D eigenvalue weighted by Crippen LogP contribution is -2.39. The van der Waals surface area contributed by atoms with Crippen molar-refractivity contribution in [3.05, 3.63) is 50.2 Å². The molecule has 0 amide bonds. The molecule has 1 unspecified atom stereocenters. The minimum atomic E-state index is -0.867. The van der Waals surface area contributed by atoms with Gasteiger partial charge in [-0.3, -0.25) is 24.7 Å². The number of rotatable bonds is 3. The van der Waals surface area contributed by atoms with Crippen LogP contribution in [0, 0.1) is 21.4 Å². The van der Waals surface area contributed by atoms with Crippen LogP contribution in [0.4, 0.5) is 5.69 Å². The first-order valence-electron chi connectivity index (χ1n) is 8.89. The molecule has 1 aliphatic carbocycles. The summed E-state index contributed by atoms with van der Waals surface area (Å²) in [6, 6.07) is 4.05. The molecule has 0 aromatic heterocycles. The minimum Gasteiger partial charge on any atom is -0.468 e. The molecule has 0 bridgehead atoms. The highest BCUT2D eigenvalue weighted by Crippen LogP contribution is 2.49. The molecule has 7 nitrogen and oxygen atoms in total. The highest BCUT2D eigenvalue weighted by molar-refractivity contribution is 6.31. The third-order valence-electron chi connectivity index (χ3n) is 5.28. The molecular weight excluding hydrogens is 384 g/mol. The molecule has 3 rings (SSSR count). The lowest BCUT2D eigenvalue weighted by molar-refractivity contribution is -0.384. The fourth-order valence-electron chi connectivity index (χ4n) is 4.10. The first kappa shape index (κ1) is 20.2. The van der Waals surface area contributed by atoms with Crippen molar-refractivity contribution < 1.29 is 19.2 Å². The Morgan fingerprint density at radius 2 is 2.04 bits per heavy atom. The molecule has 0 radical (unpaired) electrons. The van der Waals surface area contributed by atoms with Crippen molar-refractivity contribution in [2.45, 2.75) is 39.5 Å². The van der Waals surface area contributed by atoms with Gasteiger partial charge in [-0.2, -0.15) is 0 Å². The average molecular weight is 405 g/mol. The summed E-state index contributed by atoms with van der Waals surface area (Å²) in [6.07, 6.45) is 0.875. The van der Waals surface area contributed by atoms with Crippen molar-refractivity contribution in [3.8, 4) is 0 Å². The zero-order valence-corrected chi connectivity index (χ0v) is 16.9. The Bertz CT molecular complexity index is 948. The van der Waals surface area contributed by atoms with Crippen LogP contribution in [0.25, 0.3) is 0 Å². The summed E-state index contributed by atoms with van der Waals surface area (Å²) in [4.78, 5) is 41.0. The first-order valence-corrected chi connectivity index (χ1v) is 9.26. The van der Waals surface area contributed by atoms with Crippen molar-refractivity contribution >= 4 is 34.8 Å². The Kier molecular flexibility index (Phi) is 5.14. The smallest absolute Gasteiger partial charge is 0.315 e. The van der Waals surface area contributed by atoms with Crippen LogP contribution in [-0.4, -0.2) is 29.5 Å². The van der Waals surface area contributed by atoms with Gasteiger partial charge in [-0.05, 0) is 30.4 Å². The molecule has 2 atom stereocenters. The van der Waals surface area contributed by atoms with Gasteiger partial charge in [0, 0.05) is 46.5 Å². The number of nitro benzene ring substituents is 1. The zero-order valence-electron chi connectivity index (χ0n) is 16.1. The van der Waals surface area contributed by atoms with Gasteiger partial charge in [0.2, 0.25) is 0 Å². The molecule has 0 saturated carbocycles. The van der Waals surface area contributed by atoms with Crippen LogP contribution < -0.4 is 0 Å². The summed E-state index contributed by atoms with van der Waals surface area (Å²) in [5, 5.41) is 11.5. The van der Waals surface area contributed by atoms with Crippen LogP contribution in [0.2, 0.25) is 5.02 Å². The van der Waals surface area contributed by atoms with Crippen molar-refractivity contribution in [3.63, 3.8) is 0 Å². The highest BCUT2D eigenvalue weighted by atomic mass is 35.5. The van der Waals surface area contributed by atoms with E-state index < -0.39 is 22.7 Å². The molecule has 2 aliphatic rings. The summed E-state index contributed by atoms with van der Waals surface area (Å²) in [5.41, 5.74) is 1.47. The molecule has 1 aliphatic heterocycles. The summed E-state index contributed by atoms with van der Waals surface area (Å²) in [6.45, 7) is 5.68. The third kappa shape index (κ3) is 3.46. The number of ketones is 1. The van der Waals surface area contributed by atoms with Crippen LogP contribution in [0.3, 0.4) is 0 Å². The van der Waals surface area contributed by atoms with Crippen LogP contribution in [0.15, 0.2) is 34.5 Å². The molecular formula is C20H21ClN2O5. The third-order valence-corrected chi connectivity index (χ3v) is 5.63. The first-order chi connectivity index (χ1) is 13.1. The van der Waals surface area contributed by atoms with E-state index in [1.165, 1.54) is 25.3 Å². The molecule has 148 valence electrons. The standard InChI is InChI=1S/C20H21ClN2O5/c1-10-16(19(25)28-4)17(12-7-11(23(26)27)5-6-13(12)21)18-14(22-10)8-20(2,3)9-15(18)24/h5-7,16-17H,8-9H2,1-4H3/t16?,17-/m1/s1. The highest BCUT2D eigenvalue weighted by Gasteiger charge is 2.46. The Morgan fingerprint density at radius 1 is 1.36 bits per heavy atom. The number of non-ortho nitro benzene ring substituents is 1. The molecule has 0 N–H and O–H groups in total. The average Bonchev–Trinajstić information content (AvgIpc) is 2.59. The predicted molar refractivity (Wildman–Crippen MR) is 105 cm³/mol. The van der Waals surface area contributed by atoms with E-state index in [-0.39, 0.29) is 21.9 Å². The van der Waals surface area contributed by atoms with Crippen molar-refractivity contribution in [1.29, 1.82) is 0 Å². The number of nitrogens with zero attached hydrogens (tertiary/aromatic N) is 2. The predicted octanol–water partition coefficient (Wildman–Crippen LogP) is 4.24. The number of allylic oxidation sites excluding steroid dienone is 2. The molecule has 0 spiro atoms. The summed E-state index contributed by atoms with van der Waals surface area (Å²) < 4.78 is 4.95. The molecule has 0 saturated heterocycles. The Balaban J connectivity index is 2.27. The maximum atomic E-state index is 13.1. The number of hydrogen-bond acceptors (Lipinski definition) is 6. The fraction of sp³-hybridized carbons (Fsp3) is 0.450. The van der Waals surface area contributed by atoms with Gasteiger partial charge < -0.3 is 4.74 Å². The number of carbonyl (C=O) groups excluding carboxylic acids is 2. The summed E-state index contributed by atoms with van der Waals surface area (Å²) >= 11 is 6.38. The van der Waals surface area contributed by atoms with Gasteiger partial charge in [-0.25, -0.2) is 0 Å². The van der Waals surface area contributed by atoms with Crippen LogP contribution >= 0.6 is 11.6 Å². The van der Waals surface area contributed by atoms with Crippen molar-refractivity contribution in [1.82, 2.24) is 0 Å². The molecule has 1 aromatic carbocycles. The lowest BCUT2D eigenvalue weighted by Gasteiger charge is -2.39. The number of carbonyl (C=O) groups is 2. The van der Waals surface area contributed by atoms with E-state index in [0.29, 0.717) is 35.4 Å². The maximum Gasteiger partial charge on any atom is 0.315 e. The van der Waals surface area contributed by atoms with E-state index >= 15 is 0 Å². The number of benzene rings is 1. The Morgan fingerprint density at radius 3 is 2.64 bits per heavy atom. The topological polar surface area (TPSA) is 98.9 Å². The molecule has 1 heterocycles. The van der Waals surface area contributed by atoms with Gasteiger partial charge >= 0.3 is 5.97 Å². The van der Waals surface area contributed by atoms with E-state index in [2.05, 4.69) is 4.99 Å². The Labute approximate surface area is 167 Å². The molecule has 0 fully saturated rings. The van der Waals surface area contributed by atoms with Crippen LogP contribution in [0.1, 0.15) is 45.1 Å². The van der Waals surface area contributed by atoms with E-state index in [0.717, 1.165) is 0 Å². The van der Waals surface area contributed by atoms with Gasteiger partial charge in [-0.15, -0.1) is 0 Å². The van der Waals surface area contributed by atoms with Gasteiger partial charge in [0.15, 0.2) is 5.78 Å². The fourth-order valence-corrected chi connectivity index (χ4v) is 4.33. The summed E-state index contributed by atoms with van der Waals surface area (Å²) in [5.74, 6) is -2.31. The number of aliphatic imine (C=N–C) groups is 1.